The van der Waals surface area contributed by atoms with Gasteiger partial charge in [0.15, 0.2) is 0 Å². The van der Waals surface area contributed by atoms with E-state index in [1.165, 1.54) is 23.4 Å². The molecule has 0 radical (unpaired) electrons. The lowest BCUT2D eigenvalue weighted by atomic mass is 10.2. The number of thiazole rings is 1. The van der Waals surface area contributed by atoms with Crippen LogP contribution < -0.4 is 10.1 Å². The van der Waals surface area contributed by atoms with Crippen molar-refractivity contribution in [3.63, 3.8) is 0 Å². The van der Waals surface area contributed by atoms with Crippen molar-refractivity contribution in [2.24, 2.45) is 0 Å². The maximum absolute atomic E-state index is 5.30. The molecule has 2 aromatic rings. The predicted molar refractivity (Wildman–Crippen MR) is 83.5 cm³/mol. The standard InChI is InChI=1S/C16H20N2OS/c1-3-17-10-14-15(11-7-8-11)18-16(20-14)12-5-4-6-13(9-12)19-2/h4-6,9,11,17H,3,7-8,10H2,1-2H3. The van der Waals surface area contributed by atoms with Gasteiger partial charge in [-0.05, 0) is 31.5 Å². The molecule has 3 nitrogen and oxygen atoms in total. The van der Waals surface area contributed by atoms with Gasteiger partial charge in [-0.25, -0.2) is 4.98 Å². The van der Waals surface area contributed by atoms with Gasteiger partial charge in [0, 0.05) is 22.9 Å². The fraction of sp³-hybridized carbons (Fsp3) is 0.438. The van der Waals surface area contributed by atoms with E-state index in [9.17, 15) is 0 Å². The molecule has 4 heteroatoms. The van der Waals surface area contributed by atoms with Crippen LogP contribution in [0.4, 0.5) is 0 Å². The molecule has 20 heavy (non-hydrogen) atoms. The highest BCUT2D eigenvalue weighted by Gasteiger charge is 2.29. The zero-order valence-corrected chi connectivity index (χ0v) is 12.8. The van der Waals surface area contributed by atoms with E-state index in [1.54, 1.807) is 7.11 Å². The third-order valence-electron chi connectivity index (χ3n) is 3.54. The number of methoxy groups -OCH3 is 1. The Morgan fingerprint density at radius 3 is 2.95 bits per heavy atom. The number of hydrogen-bond donors (Lipinski definition) is 1. The molecule has 106 valence electrons. The Morgan fingerprint density at radius 2 is 2.25 bits per heavy atom. The molecule has 0 spiro atoms. The summed E-state index contributed by atoms with van der Waals surface area (Å²) >= 11 is 1.81. The first kappa shape index (κ1) is 13.6. The van der Waals surface area contributed by atoms with E-state index in [0.717, 1.165) is 29.4 Å². The van der Waals surface area contributed by atoms with Gasteiger partial charge in [0.1, 0.15) is 10.8 Å². The minimum Gasteiger partial charge on any atom is -0.497 e. The monoisotopic (exact) mass is 288 g/mol. The molecule has 1 aromatic carbocycles. The summed E-state index contributed by atoms with van der Waals surface area (Å²) in [6, 6.07) is 8.16. The van der Waals surface area contributed by atoms with Crippen molar-refractivity contribution in [1.29, 1.82) is 0 Å². The Hall–Kier alpha value is -1.39. The Balaban J connectivity index is 1.92. The van der Waals surface area contributed by atoms with Gasteiger partial charge in [-0.3, -0.25) is 0 Å². The van der Waals surface area contributed by atoms with Crippen molar-refractivity contribution >= 4 is 11.3 Å². The summed E-state index contributed by atoms with van der Waals surface area (Å²) < 4.78 is 5.30. The van der Waals surface area contributed by atoms with E-state index in [1.807, 2.05) is 23.5 Å². The molecule has 3 rings (SSSR count). The maximum atomic E-state index is 5.30. The molecule has 1 heterocycles. The van der Waals surface area contributed by atoms with Gasteiger partial charge in [-0.1, -0.05) is 19.1 Å². The molecule has 0 atom stereocenters. The lowest BCUT2D eigenvalue weighted by Gasteiger charge is -2.01. The molecule has 0 amide bonds. The number of rotatable bonds is 6. The Kier molecular flexibility index (Phi) is 4.03. The van der Waals surface area contributed by atoms with Crippen molar-refractivity contribution in [2.45, 2.75) is 32.2 Å². The van der Waals surface area contributed by atoms with Crippen LogP contribution in [-0.4, -0.2) is 18.6 Å². The Bertz CT molecular complexity index is 590. The summed E-state index contributed by atoms with van der Waals surface area (Å²) in [7, 11) is 1.70. The number of nitrogens with zero attached hydrogens (tertiary/aromatic N) is 1. The largest absolute Gasteiger partial charge is 0.497 e. The molecule has 1 N–H and O–H groups in total. The van der Waals surface area contributed by atoms with Gasteiger partial charge in [0.25, 0.3) is 0 Å². The summed E-state index contributed by atoms with van der Waals surface area (Å²) in [5, 5.41) is 4.53. The van der Waals surface area contributed by atoms with Crippen molar-refractivity contribution in [2.75, 3.05) is 13.7 Å². The molecule has 0 saturated heterocycles. The summed E-state index contributed by atoms with van der Waals surface area (Å²) in [6.45, 7) is 4.07. The van der Waals surface area contributed by atoms with Gasteiger partial charge in [0.05, 0.1) is 12.8 Å². The highest BCUT2D eigenvalue weighted by Crippen LogP contribution is 2.44. The van der Waals surface area contributed by atoms with Crippen LogP contribution in [-0.2, 0) is 6.54 Å². The van der Waals surface area contributed by atoms with Gasteiger partial charge in [0.2, 0.25) is 0 Å². The van der Waals surface area contributed by atoms with Crippen LogP contribution >= 0.6 is 11.3 Å². The van der Waals surface area contributed by atoms with Gasteiger partial charge in [-0.2, -0.15) is 0 Å². The third kappa shape index (κ3) is 2.86. The topological polar surface area (TPSA) is 34.1 Å². The van der Waals surface area contributed by atoms with E-state index in [0.29, 0.717) is 5.92 Å². The number of nitrogens with one attached hydrogen (secondary N) is 1. The lowest BCUT2D eigenvalue weighted by molar-refractivity contribution is 0.415. The number of ether oxygens (including phenoxy) is 1. The summed E-state index contributed by atoms with van der Waals surface area (Å²) in [6.07, 6.45) is 2.58. The molecule has 0 aliphatic heterocycles. The minimum absolute atomic E-state index is 0.694. The third-order valence-corrected chi connectivity index (χ3v) is 4.66. The molecule has 1 aliphatic carbocycles. The van der Waals surface area contributed by atoms with Crippen molar-refractivity contribution < 1.29 is 4.74 Å². The number of aromatic nitrogens is 1. The smallest absolute Gasteiger partial charge is 0.124 e. The zero-order valence-electron chi connectivity index (χ0n) is 12.0. The number of hydrogen-bond acceptors (Lipinski definition) is 4. The van der Waals surface area contributed by atoms with Crippen LogP contribution in [0.1, 0.15) is 36.3 Å². The second-order valence-corrected chi connectivity index (χ2v) is 6.20. The average molecular weight is 288 g/mol. The lowest BCUT2D eigenvalue weighted by Crippen LogP contribution is -2.11. The first-order valence-corrected chi connectivity index (χ1v) is 7.98. The predicted octanol–water partition coefficient (Wildman–Crippen LogP) is 3.81. The van der Waals surface area contributed by atoms with E-state index in [2.05, 4.69) is 24.4 Å². The highest BCUT2D eigenvalue weighted by molar-refractivity contribution is 7.15. The van der Waals surface area contributed by atoms with Crippen LogP contribution in [0.5, 0.6) is 5.75 Å². The Labute approximate surface area is 124 Å². The van der Waals surface area contributed by atoms with Gasteiger partial charge in [-0.15, -0.1) is 11.3 Å². The second-order valence-electron chi connectivity index (χ2n) is 5.11. The second kappa shape index (κ2) is 5.94. The fourth-order valence-electron chi connectivity index (χ4n) is 2.28. The maximum Gasteiger partial charge on any atom is 0.124 e. The molecule has 0 bridgehead atoms. The van der Waals surface area contributed by atoms with E-state index in [4.69, 9.17) is 9.72 Å². The highest BCUT2D eigenvalue weighted by atomic mass is 32.1. The molecule has 1 saturated carbocycles. The van der Waals surface area contributed by atoms with Crippen LogP contribution in [0.3, 0.4) is 0 Å². The zero-order chi connectivity index (χ0) is 13.9. The van der Waals surface area contributed by atoms with Crippen LogP contribution in [0, 0.1) is 0 Å². The molecule has 1 fully saturated rings. The first-order chi connectivity index (χ1) is 9.81. The van der Waals surface area contributed by atoms with Gasteiger partial charge < -0.3 is 10.1 Å². The van der Waals surface area contributed by atoms with Crippen LogP contribution in [0.15, 0.2) is 24.3 Å². The normalized spacial score (nSPS) is 14.5. The average Bonchev–Trinajstić information content (AvgIpc) is 3.25. The summed E-state index contributed by atoms with van der Waals surface area (Å²) in [4.78, 5) is 6.29. The van der Waals surface area contributed by atoms with Gasteiger partial charge >= 0.3 is 0 Å². The first-order valence-electron chi connectivity index (χ1n) is 7.16. The Morgan fingerprint density at radius 1 is 1.40 bits per heavy atom. The summed E-state index contributed by atoms with van der Waals surface area (Å²) in [5.74, 6) is 1.58. The quantitative estimate of drug-likeness (QED) is 0.877. The molecular formula is C16H20N2OS. The summed E-state index contributed by atoms with van der Waals surface area (Å²) in [5.41, 5.74) is 2.47. The van der Waals surface area contributed by atoms with Crippen molar-refractivity contribution in [1.82, 2.24) is 10.3 Å². The number of benzene rings is 1. The van der Waals surface area contributed by atoms with Crippen LogP contribution in [0.25, 0.3) is 10.6 Å². The minimum atomic E-state index is 0.694. The molecule has 1 aromatic heterocycles. The SMILES string of the molecule is CCNCc1sc(-c2cccc(OC)c2)nc1C1CC1. The molecule has 0 unspecified atom stereocenters. The molecule has 1 aliphatic rings. The van der Waals surface area contributed by atoms with Crippen molar-refractivity contribution in [3.05, 3.63) is 34.8 Å². The van der Waals surface area contributed by atoms with E-state index in [-0.39, 0.29) is 0 Å². The van der Waals surface area contributed by atoms with Crippen LogP contribution in [0.2, 0.25) is 0 Å². The fourth-order valence-corrected chi connectivity index (χ4v) is 3.40. The van der Waals surface area contributed by atoms with Crippen molar-refractivity contribution in [3.8, 4) is 16.3 Å². The molecular weight excluding hydrogens is 268 g/mol. The van der Waals surface area contributed by atoms with E-state index < -0.39 is 0 Å². The van der Waals surface area contributed by atoms with E-state index >= 15 is 0 Å².